The summed E-state index contributed by atoms with van der Waals surface area (Å²) < 4.78 is 0. The molecule has 2 aromatic carbocycles. The number of aliphatic hydroxyl groups excluding tert-OH is 1. The summed E-state index contributed by atoms with van der Waals surface area (Å²) in [6, 6.07) is 10.9. The molecule has 1 heteroatoms. The maximum atomic E-state index is 10.8. The summed E-state index contributed by atoms with van der Waals surface area (Å²) in [5.74, 6) is 0. The lowest BCUT2D eigenvalue weighted by molar-refractivity contribution is 0.218. The molecule has 0 amide bonds. The van der Waals surface area contributed by atoms with Crippen molar-refractivity contribution in [3.63, 3.8) is 0 Å². The minimum absolute atomic E-state index is 0.516. The third kappa shape index (κ3) is 2.75. The third-order valence-electron chi connectivity index (χ3n) is 4.70. The van der Waals surface area contributed by atoms with Crippen LogP contribution in [0.4, 0.5) is 0 Å². The van der Waals surface area contributed by atoms with Gasteiger partial charge in [0.05, 0.1) is 0 Å². The maximum absolute atomic E-state index is 10.8. The number of aliphatic hydroxyl groups is 1. The molecule has 1 aliphatic rings. The Bertz CT molecular complexity index is 647. The molecule has 1 unspecified atom stereocenters. The highest BCUT2D eigenvalue weighted by Crippen LogP contribution is 2.31. The molecule has 1 atom stereocenters. The van der Waals surface area contributed by atoms with Gasteiger partial charge in [-0.2, -0.15) is 0 Å². The van der Waals surface area contributed by atoms with E-state index >= 15 is 0 Å². The van der Waals surface area contributed by atoms with Gasteiger partial charge < -0.3 is 5.11 Å². The van der Waals surface area contributed by atoms with E-state index in [1.54, 1.807) is 0 Å². The Labute approximate surface area is 127 Å². The average molecular weight is 280 g/mol. The van der Waals surface area contributed by atoms with Crippen molar-refractivity contribution in [1.82, 2.24) is 0 Å². The monoisotopic (exact) mass is 280 g/mol. The van der Waals surface area contributed by atoms with Crippen LogP contribution in [0.5, 0.6) is 0 Å². The number of benzene rings is 2. The fourth-order valence-electron chi connectivity index (χ4n) is 3.71. The van der Waals surface area contributed by atoms with Crippen molar-refractivity contribution in [2.45, 2.75) is 52.6 Å². The van der Waals surface area contributed by atoms with Crippen molar-refractivity contribution in [3.05, 3.63) is 69.3 Å². The molecular weight excluding hydrogens is 256 g/mol. The Morgan fingerprint density at radius 2 is 1.48 bits per heavy atom. The van der Waals surface area contributed by atoms with Crippen LogP contribution in [-0.2, 0) is 12.8 Å². The molecule has 0 bridgehead atoms. The molecule has 1 N–H and O–H groups in total. The van der Waals surface area contributed by atoms with Crippen LogP contribution in [0.3, 0.4) is 0 Å². The molecule has 0 aliphatic heterocycles. The topological polar surface area (TPSA) is 20.2 Å². The van der Waals surface area contributed by atoms with Gasteiger partial charge in [0.1, 0.15) is 6.10 Å². The van der Waals surface area contributed by atoms with E-state index in [-0.39, 0.29) is 0 Å². The Kier molecular flexibility index (Phi) is 3.86. The zero-order valence-electron chi connectivity index (χ0n) is 13.2. The van der Waals surface area contributed by atoms with Crippen LogP contribution in [0, 0.1) is 20.8 Å². The van der Waals surface area contributed by atoms with E-state index in [1.165, 1.54) is 47.1 Å². The van der Waals surface area contributed by atoms with Gasteiger partial charge >= 0.3 is 0 Å². The maximum Gasteiger partial charge on any atom is 0.105 e. The Hall–Kier alpha value is -1.60. The summed E-state index contributed by atoms with van der Waals surface area (Å²) in [5.41, 5.74) is 8.61. The molecule has 21 heavy (non-hydrogen) atoms. The van der Waals surface area contributed by atoms with Gasteiger partial charge in [0, 0.05) is 0 Å². The average Bonchev–Trinajstić information content (AvgIpc) is 2.45. The highest BCUT2D eigenvalue weighted by molar-refractivity contribution is 5.45. The highest BCUT2D eigenvalue weighted by Gasteiger charge is 2.18. The fraction of sp³-hybridized carbons (Fsp3) is 0.400. The zero-order valence-corrected chi connectivity index (χ0v) is 13.2. The Morgan fingerprint density at radius 1 is 0.857 bits per heavy atom. The lowest BCUT2D eigenvalue weighted by atomic mass is 9.87. The molecule has 1 aliphatic carbocycles. The highest BCUT2D eigenvalue weighted by atomic mass is 16.3. The number of rotatable bonds is 2. The molecule has 0 aromatic heterocycles. The van der Waals surface area contributed by atoms with E-state index in [0.29, 0.717) is 0 Å². The summed E-state index contributed by atoms with van der Waals surface area (Å²) >= 11 is 0. The van der Waals surface area contributed by atoms with Gasteiger partial charge in [-0.1, -0.05) is 35.9 Å². The number of hydrogen-bond acceptors (Lipinski definition) is 1. The molecule has 0 heterocycles. The molecule has 3 rings (SSSR count). The SMILES string of the molecule is Cc1cc(C)c(C(O)c2ccc3c(c2)CCCC3)c(C)c1. The predicted octanol–water partition coefficient (Wildman–Crippen LogP) is 4.57. The van der Waals surface area contributed by atoms with Crippen molar-refractivity contribution in [1.29, 1.82) is 0 Å². The Balaban J connectivity index is 2.01. The second-order valence-corrected chi connectivity index (χ2v) is 6.45. The van der Waals surface area contributed by atoms with Gasteiger partial charge in [0.15, 0.2) is 0 Å². The first-order valence-electron chi connectivity index (χ1n) is 7.94. The second-order valence-electron chi connectivity index (χ2n) is 6.45. The zero-order chi connectivity index (χ0) is 15.0. The first-order valence-corrected chi connectivity index (χ1v) is 7.94. The fourth-order valence-corrected chi connectivity index (χ4v) is 3.71. The predicted molar refractivity (Wildman–Crippen MR) is 87.8 cm³/mol. The minimum atomic E-state index is -0.516. The molecule has 1 nitrogen and oxygen atoms in total. The van der Waals surface area contributed by atoms with Gasteiger partial charge in [-0.25, -0.2) is 0 Å². The molecule has 110 valence electrons. The molecule has 0 saturated heterocycles. The van der Waals surface area contributed by atoms with Crippen LogP contribution < -0.4 is 0 Å². The van der Waals surface area contributed by atoms with Crippen LogP contribution in [0.25, 0.3) is 0 Å². The second kappa shape index (κ2) is 5.65. The van der Waals surface area contributed by atoms with Gasteiger partial charge in [-0.05, 0) is 79.8 Å². The lowest BCUT2D eigenvalue weighted by Crippen LogP contribution is -2.08. The first-order chi connectivity index (χ1) is 10.1. The van der Waals surface area contributed by atoms with Crippen LogP contribution in [-0.4, -0.2) is 5.11 Å². The molecule has 0 radical (unpaired) electrons. The van der Waals surface area contributed by atoms with E-state index in [1.807, 2.05) is 0 Å². The summed E-state index contributed by atoms with van der Waals surface area (Å²) in [6.07, 6.45) is 4.40. The summed E-state index contributed by atoms with van der Waals surface area (Å²) in [5, 5.41) is 10.8. The van der Waals surface area contributed by atoms with E-state index in [0.717, 1.165) is 17.5 Å². The molecule has 0 saturated carbocycles. The Morgan fingerprint density at radius 3 is 2.14 bits per heavy atom. The van der Waals surface area contributed by atoms with E-state index in [9.17, 15) is 5.11 Å². The minimum Gasteiger partial charge on any atom is -0.384 e. The van der Waals surface area contributed by atoms with Crippen LogP contribution in [0.1, 0.15) is 57.9 Å². The van der Waals surface area contributed by atoms with E-state index in [2.05, 4.69) is 51.1 Å². The smallest absolute Gasteiger partial charge is 0.105 e. The van der Waals surface area contributed by atoms with Crippen molar-refractivity contribution in [3.8, 4) is 0 Å². The van der Waals surface area contributed by atoms with E-state index < -0.39 is 6.10 Å². The van der Waals surface area contributed by atoms with Crippen molar-refractivity contribution in [2.75, 3.05) is 0 Å². The molecule has 0 fully saturated rings. The first kappa shape index (κ1) is 14.3. The van der Waals surface area contributed by atoms with Gasteiger partial charge in [-0.3, -0.25) is 0 Å². The largest absolute Gasteiger partial charge is 0.384 e. The number of hydrogen-bond donors (Lipinski definition) is 1. The quantitative estimate of drug-likeness (QED) is 0.854. The summed E-state index contributed by atoms with van der Waals surface area (Å²) in [6.45, 7) is 6.29. The van der Waals surface area contributed by atoms with Crippen LogP contribution in [0.15, 0.2) is 30.3 Å². The third-order valence-corrected chi connectivity index (χ3v) is 4.70. The van der Waals surface area contributed by atoms with Crippen molar-refractivity contribution in [2.24, 2.45) is 0 Å². The lowest BCUT2D eigenvalue weighted by Gasteiger charge is -2.21. The van der Waals surface area contributed by atoms with Gasteiger partial charge in [-0.15, -0.1) is 0 Å². The van der Waals surface area contributed by atoms with Crippen LogP contribution in [0.2, 0.25) is 0 Å². The van der Waals surface area contributed by atoms with Crippen molar-refractivity contribution < 1.29 is 5.11 Å². The number of fused-ring (bicyclic) bond motifs is 1. The standard InChI is InChI=1S/C20H24O/c1-13-10-14(2)19(15(3)11-13)20(21)18-9-8-16-6-4-5-7-17(16)12-18/h8-12,20-21H,4-7H2,1-3H3. The van der Waals surface area contributed by atoms with Crippen molar-refractivity contribution >= 4 is 0 Å². The molecule has 2 aromatic rings. The number of aryl methyl sites for hydroxylation is 5. The van der Waals surface area contributed by atoms with E-state index in [4.69, 9.17) is 0 Å². The normalized spacial score (nSPS) is 15.6. The summed E-state index contributed by atoms with van der Waals surface area (Å²) in [4.78, 5) is 0. The van der Waals surface area contributed by atoms with Gasteiger partial charge in [0.25, 0.3) is 0 Å². The molecule has 0 spiro atoms. The van der Waals surface area contributed by atoms with Gasteiger partial charge in [0.2, 0.25) is 0 Å². The summed E-state index contributed by atoms with van der Waals surface area (Å²) in [7, 11) is 0. The molecular formula is C20H24O. The van der Waals surface area contributed by atoms with Crippen LogP contribution >= 0.6 is 0 Å².